The molecule has 0 aromatic heterocycles. The molecule has 3 aromatic rings. The number of rotatable bonds is 4. The molecule has 31 heavy (non-hydrogen) atoms. The third-order valence-electron chi connectivity index (χ3n) is 5.24. The van der Waals surface area contributed by atoms with Gasteiger partial charge in [-0.3, -0.25) is 4.79 Å². The van der Waals surface area contributed by atoms with Crippen LogP contribution in [0.3, 0.4) is 0 Å². The summed E-state index contributed by atoms with van der Waals surface area (Å²) in [5, 5.41) is 5.24. The zero-order valence-corrected chi connectivity index (χ0v) is 18.4. The molecule has 0 saturated carbocycles. The van der Waals surface area contributed by atoms with Gasteiger partial charge in [-0.1, -0.05) is 46.3 Å². The highest BCUT2D eigenvalue weighted by molar-refractivity contribution is 9.10. The van der Waals surface area contributed by atoms with Crippen LogP contribution in [-0.2, 0) is 13.0 Å². The maximum absolute atomic E-state index is 13.9. The summed E-state index contributed by atoms with van der Waals surface area (Å²) in [6.07, 6.45) is 0.783. The Morgan fingerprint density at radius 3 is 2.61 bits per heavy atom. The first kappa shape index (κ1) is 21.1. The predicted molar refractivity (Wildman–Crippen MR) is 123 cm³/mol. The highest BCUT2D eigenvalue weighted by Crippen LogP contribution is 2.34. The third kappa shape index (κ3) is 4.61. The first-order valence-electron chi connectivity index (χ1n) is 9.92. The second-order valence-corrected chi connectivity index (χ2v) is 8.40. The number of nitrogens with one attached hydrogen (secondary N) is 2. The summed E-state index contributed by atoms with van der Waals surface area (Å²) in [7, 11) is 0. The van der Waals surface area contributed by atoms with Gasteiger partial charge in [0, 0.05) is 28.3 Å². The maximum atomic E-state index is 13.9. The Labute approximate surface area is 188 Å². The van der Waals surface area contributed by atoms with Gasteiger partial charge in [0.25, 0.3) is 5.91 Å². The molecule has 158 valence electrons. The van der Waals surface area contributed by atoms with E-state index in [1.807, 2.05) is 60.4 Å². The van der Waals surface area contributed by atoms with Crippen molar-refractivity contribution in [2.24, 2.45) is 0 Å². The number of carbonyl (C=O) groups excluding carboxylic acids is 2. The van der Waals surface area contributed by atoms with E-state index in [1.165, 1.54) is 12.1 Å². The van der Waals surface area contributed by atoms with E-state index in [0.29, 0.717) is 10.0 Å². The lowest BCUT2D eigenvalue weighted by molar-refractivity contribution is 0.0981. The standard InChI is InChI=1S/C24H21BrFN3O2/c1-15-11-18-8-7-16(12-22(18)29(15)23(30)17-5-3-2-4-6-17)14-27-24(31)28-21-10-9-19(25)13-20(21)26/h2-10,12-13,15H,11,14H2,1H3,(H2,27,28,31)/t15-/m1/s1. The molecule has 1 heterocycles. The Morgan fingerprint density at radius 2 is 1.87 bits per heavy atom. The molecule has 1 atom stereocenters. The predicted octanol–water partition coefficient (Wildman–Crippen LogP) is 5.50. The van der Waals surface area contributed by atoms with Gasteiger partial charge in [0.2, 0.25) is 0 Å². The van der Waals surface area contributed by atoms with E-state index in [9.17, 15) is 14.0 Å². The molecule has 0 bridgehead atoms. The van der Waals surface area contributed by atoms with Gasteiger partial charge in [0.15, 0.2) is 0 Å². The van der Waals surface area contributed by atoms with Crippen LogP contribution in [0.25, 0.3) is 0 Å². The van der Waals surface area contributed by atoms with Crippen LogP contribution in [-0.4, -0.2) is 18.0 Å². The van der Waals surface area contributed by atoms with Crippen molar-refractivity contribution in [3.8, 4) is 0 Å². The second kappa shape index (κ2) is 8.89. The first-order valence-corrected chi connectivity index (χ1v) is 10.7. The van der Waals surface area contributed by atoms with Crippen LogP contribution in [0.15, 0.2) is 71.2 Å². The largest absolute Gasteiger partial charge is 0.334 e. The molecular weight excluding hydrogens is 461 g/mol. The number of nitrogens with zero attached hydrogens (tertiary/aromatic N) is 1. The summed E-state index contributed by atoms with van der Waals surface area (Å²) in [4.78, 5) is 27.1. The van der Waals surface area contributed by atoms with Gasteiger partial charge in [0.05, 0.1) is 5.69 Å². The lowest BCUT2D eigenvalue weighted by Crippen LogP contribution is -2.35. The molecule has 2 N–H and O–H groups in total. The zero-order chi connectivity index (χ0) is 22.0. The summed E-state index contributed by atoms with van der Waals surface area (Å²) >= 11 is 3.19. The Kier molecular flexibility index (Phi) is 6.04. The average molecular weight is 482 g/mol. The minimum Gasteiger partial charge on any atom is -0.334 e. The molecule has 1 aliphatic heterocycles. The number of carbonyl (C=O) groups is 2. The van der Waals surface area contributed by atoms with E-state index < -0.39 is 11.8 Å². The van der Waals surface area contributed by atoms with E-state index in [0.717, 1.165) is 23.2 Å². The lowest BCUT2D eigenvalue weighted by atomic mass is 10.1. The van der Waals surface area contributed by atoms with Gasteiger partial charge in [0.1, 0.15) is 5.82 Å². The van der Waals surface area contributed by atoms with Crippen molar-refractivity contribution in [1.82, 2.24) is 5.32 Å². The molecule has 3 aromatic carbocycles. The van der Waals surface area contributed by atoms with Gasteiger partial charge >= 0.3 is 6.03 Å². The number of hydrogen-bond acceptors (Lipinski definition) is 2. The molecule has 0 saturated heterocycles. The summed E-state index contributed by atoms with van der Waals surface area (Å²) in [6, 6.07) is 19.0. The number of fused-ring (bicyclic) bond motifs is 1. The van der Waals surface area contributed by atoms with Gasteiger partial charge < -0.3 is 15.5 Å². The van der Waals surface area contributed by atoms with Gasteiger partial charge in [-0.15, -0.1) is 0 Å². The van der Waals surface area contributed by atoms with Crippen LogP contribution in [0.4, 0.5) is 20.6 Å². The van der Waals surface area contributed by atoms with E-state index >= 15 is 0 Å². The van der Waals surface area contributed by atoms with Crippen molar-refractivity contribution in [3.63, 3.8) is 0 Å². The van der Waals surface area contributed by atoms with Crippen molar-refractivity contribution in [3.05, 3.63) is 93.7 Å². The maximum Gasteiger partial charge on any atom is 0.319 e. The van der Waals surface area contributed by atoms with Crippen molar-refractivity contribution in [2.45, 2.75) is 25.9 Å². The fraction of sp³-hybridized carbons (Fsp3) is 0.167. The fourth-order valence-electron chi connectivity index (χ4n) is 3.73. The average Bonchev–Trinajstić information content (AvgIpc) is 3.09. The molecule has 0 unspecified atom stereocenters. The van der Waals surface area contributed by atoms with Crippen LogP contribution in [0.2, 0.25) is 0 Å². The van der Waals surface area contributed by atoms with Crippen LogP contribution >= 0.6 is 15.9 Å². The normalized spacial score (nSPS) is 14.8. The second-order valence-electron chi connectivity index (χ2n) is 7.49. The Bertz CT molecular complexity index is 1140. The van der Waals surface area contributed by atoms with Crippen molar-refractivity contribution < 1.29 is 14.0 Å². The zero-order valence-electron chi connectivity index (χ0n) is 16.9. The van der Waals surface area contributed by atoms with E-state index in [-0.39, 0.29) is 24.2 Å². The van der Waals surface area contributed by atoms with Gasteiger partial charge in [-0.05, 0) is 60.9 Å². The summed E-state index contributed by atoms with van der Waals surface area (Å²) in [6.45, 7) is 2.28. The van der Waals surface area contributed by atoms with Crippen LogP contribution < -0.4 is 15.5 Å². The van der Waals surface area contributed by atoms with E-state index in [4.69, 9.17) is 0 Å². The van der Waals surface area contributed by atoms with Crippen molar-refractivity contribution in [2.75, 3.05) is 10.2 Å². The number of halogens is 2. The Balaban J connectivity index is 1.46. The van der Waals surface area contributed by atoms with Crippen LogP contribution in [0.1, 0.15) is 28.4 Å². The third-order valence-corrected chi connectivity index (χ3v) is 5.73. The van der Waals surface area contributed by atoms with Gasteiger partial charge in [-0.25, -0.2) is 9.18 Å². The lowest BCUT2D eigenvalue weighted by Gasteiger charge is -2.23. The highest BCUT2D eigenvalue weighted by Gasteiger charge is 2.31. The Hall–Kier alpha value is -3.19. The molecule has 1 aliphatic rings. The molecule has 0 fully saturated rings. The molecule has 0 aliphatic carbocycles. The summed E-state index contributed by atoms with van der Waals surface area (Å²) < 4.78 is 14.5. The number of hydrogen-bond donors (Lipinski definition) is 2. The minimum atomic E-state index is -0.522. The Morgan fingerprint density at radius 1 is 1.10 bits per heavy atom. The van der Waals surface area contributed by atoms with Crippen molar-refractivity contribution >= 4 is 39.2 Å². The molecule has 4 rings (SSSR count). The monoisotopic (exact) mass is 481 g/mol. The number of benzene rings is 3. The molecule has 7 heteroatoms. The topological polar surface area (TPSA) is 61.4 Å². The first-order chi connectivity index (χ1) is 14.9. The number of anilines is 2. The van der Waals surface area contributed by atoms with E-state index in [2.05, 4.69) is 26.6 Å². The molecular formula is C24H21BrFN3O2. The van der Waals surface area contributed by atoms with Crippen molar-refractivity contribution in [1.29, 1.82) is 0 Å². The van der Waals surface area contributed by atoms with Crippen LogP contribution in [0, 0.1) is 5.82 Å². The van der Waals surface area contributed by atoms with Gasteiger partial charge in [-0.2, -0.15) is 0 Å². The van der Waals surface area contributed by atoms with Crippen LogP contribution in [0.5, 0.6) is 0 Å². The van der Waals surface area contributed by atoms with E-state index in [1.54, 1.807) is 6.07 Å². The summed E-state index contributed by atoms with van der Waals surface area (Å²) in [5.41, 5.74) is 3.55. The molecule has 0 radical (unpaired) electrons. The molecule has 0 spiro atoms. The number of amides is 3. The molecule has 5 nitrogen and oxygen atoms in total. The SMILES string of the molecule is C[C@@H]1Cc2ccc(CNC(=O)Nc3ccc(Br)cc3F)cc2N1C(=O)c1ccccc1. The number of urea groups is 1. The smallest absolute Gasteiger partial charge is 0.319 e. The highest BCUT2D eigenvalue weighted by atomic mass is 79.9. The molecule has 3 amide bonds. The quantitative estimate of drug-likeness (QED) is 0.516. The summed E-state index contributed by atoms with van der Waals surface area (Å²) in [5.74, 6) is -0.563. The fourth-order valence-corrected chi connectivity index (χ4v) is 4.07. The minimum absolute atomic E-state index is 0.0413.